The molecule has 0 heterocycles. The molecule has 1 unspecified atom stereocenters. The highest BCUT2D eigenvalue weighted by atomic mass is 79.9. The van der Waals surface area contributed by atoms with Crippen molar-refractivity contribution >= 4 is 27.5 Å². The SMILES string of the molecule is COc1cccc(C(O)c2ccc(Br)c(Cl)c2F)c1. The van der Waals surface area contributed by atoms with Crippen LogP contribution in [0.15, 0.2) is 40.9 Å². The van der Waals surface area contributed by atoms with E-state index in [-0.39, 0.29) is 10.6 Å². The molecule has 2 rings (SSSR count). The molecule has 0 aromatic heterocycles. The normalized spacial score (nSPS) is 12.3. The standard InChI is InChI=1S/C14H11BrClFO2/c1-19-9-4-2-3-8(7-9)14(18)10-5-6-11(15)12(16)13(10)17/h2-7,14,18H,1H3. The first-order valence-corrected chi connectivity index (χ1v) is 6.67. The van der Waals surface area contributed by atoms with Crippen molar-refractivity contribution in [3.05, 3.63) is 62.8 Å². The minimum atomic E-state index is -1.10. The zero-order chi connectivity index (χ0) is 14.0. The van der Waals surface area contributed by atoms with Gasteiger partial charge in [-0.3, -0.25) is 0 Å². The van der Waals surface area contributed by atoms with Crippen LogP contribution in [0.3, 0.4) is 0 Å². The number of ether oxygens (including phenoxy) is 1. The Hall–Kier alpha value is -1.10. The third-order valence-corrected chi connectivity index (χ3v) is 4.03. The lowest BCUT2D eigenvalue weighted by Gasteiger charge is -2.14. The van der Waals surface area contributed by atoms with Gasteiger partial charge in [-0.25, -0.2) is 4.39 Å². The molecule has 5 heteroatoms. The molecule has 0 amide bonds. The van der Waals surface area contributed by atoms with Gasteiger partial charge in [-0.2, -0.15) is 0 Å². The molecule has 0 saturated heterocycles. The number of rotatable bonds is 3. The lowest BCUT2D eigenvalue weighted by Crippen LogP contribution is -2.03. The summed E-state index contributed by atoms with van der Waals surface area (Å²) in [5.41, 5.74) is 0.665. The molecule has 0 aliphatic heterocycles. The van der Waals surface area contributed by atoms with Crippen molar-refractivity contribution in [2.75, 3.05) is 7.11 Å². The van der Waals surface area contributed by atoms with E-state index in [0.717, 1.165) is 0 Å². The van der Waals surface area contributed by atoms with Gasteiger partial charge in [-0.05, 0) is 39.7 Å². The fourth-order valence-electron chi connectivity index (χ4n) is 1.74. The summed E-state index contributed by atoms with van der Waals surface area (Å²) >= 11 is 8.95. The van der Waals surface area contributed by atoms with Gasteiger partial charge in [0.1, 0.15) is 17.7 Å². The fourth-order valence-corrected chi connectivity index (χ4v) is 2.22. The molecule has 0 bridgehead atoms. The van der Waals surface area contributed by atoms with Crippen LogP contribution in [0.5, 0.6) is 5.75 Å². The van der Waals surface area contributed by atoms with E-state index in [9.17, 15) is 9.50 Å². The summed E-state index contributed by atoms with van der Waals surface area (Å²) in [7, 11) is 1.53. The molecule has 2 aromatic rings. The van der Waals surface area contributed by atoms with E-state index in [0.29, 0.717) is 15.8 Å². The molecule has 19 heavy (non-hydrogen) atoms. The number of hydrogen-bond acceptors (Lipinski definition) is 2. The predicted octanol–water partition coefficient (Wildman–Crippen LogP) is 4.33. The molecule has 0 radical (unpaired) electrons. The third-order valence-electron chi connectivity index (χ3n) is 2.77. The van der Waals surface area contributed by atoms with E-state index >= 15 is 0 Å². The molecular weight excluding hydrogens is 335 g/mol. The van der Waals surface area contributed by atoms with Crippen LogP contribution in [-0.4, -0.2) is 12.2 Å². The lowest BCUT2D eigenvalue weighted by molar-refractivity contribution is 0.214. The summed E-state index contributed by atoms with van der Waals surface area (Å²) in [6, 6.07) is 9.93. The van der Waals surface area contributed by atoms with Crippen LogP contribution in [0, 0.1) is 5.82 Å². The van der Waals surface area contributed by atoms with Crippen molar-refractivity contribution in [2.24, 2.45) is 0 Å². The van der Waals surface area contributed by atoms with E-state index < -0.39 is 11.9 Å². The highest BCUT2D eigenvalue weighted by molar-refractivity contribution is 9.10. The zero-order valence-corrected chi connectivity index (χ0v) is 12.4. The molecule has 0 aliphatic carbocycles. The number of benzene rings is 2. The van der Waals surface area contributed by atoms with Gasteiger partial charge < -0.3 is 9.84 Å². The highest BCUT2D eigenvalue weighted by Crippen LogP contribution is 2.33. The molecule has 0 saturated carbocycles. The number of methoxy groups -OCH3 is 1. The van der Waals surface area contributed by atoms with Crippen LogP contribution in [0.1, 0.15) is 17.2 Å². The molecule has 0 fully saturated rings. The van der Waals surface area contributed by atoms with Gasteiger partial charge in [0.05, 0.1) is 12.1 Å². The lowest BCUT2D eigenvalue weighted by atomic mass is 10.0. The van der Waals surface area contributed by atoms with Crippen molar-refractivity contribution in [3.63, 3.8) is 0 Å². The first kappa shape index (κ1) is 14.3. The average Bonchev–Trinajstić information content (AvgIpc) is 2.44. The monoisotopic (exact) mass is 344 g/mol. The Morgan fingerprint density at radius 2 is 2.05 bits per heavy atom. The molecule has 2 nitrogen and oxygen atoms in total. The van der Waals surface area contributed by atoms with Crippen molar-refractivity contribution in [1.29, 1.82) is 0 Å². The Bertz CT molecular complexity index is 604. The van der Waals surface area contributed by atoms with Gasteiger partial charge >= 0.3 is 0 Å². The first-order chi connectivity index (χ1) is 9.04. The minimum Gasteiger partial charge on any atom is -0.497 e. The fraction of sp³-hybridized carbons (Fsp3) is 0.143. The molecular formula is C14H11BrClFO2. The van der Waals surface area contributed by atoms with Crippen LogP contribution in [-0.2, 0) is 0 Å². The van der Waals surface area contributed by atoms with Gasteiger partial charge in [-0.1, -0.05) is 29.8 Å². The topological polar surface area (TPSA) is 29.5 Å². The smallest absolute Gasteiger partial charge is 0.149 e. The molecule has 2 aromatic carbocycles. The van der Waals surface area contributed by atoms with E-state index in [1.165, 1.54) is 13.2 Å². The Labute approximate surface area is 123 Å². The highest BCUT2D eigenvalue weighted by Gasteiger charge is 2.19. The van der Waals surface area contributed by atoms with Crippen molar-refractivity contribution < 1.29 is 14.2 Å². The number of halogens is 3. The van der Waals surface area contributed by atoms with Crippen molar-refractivity contribution in [3.8, 4) is 5.75 Å². The summed E-state index contributed by atoms with van der Waals surface area (Å²) < 4.78 is 19.6. The van der Waals surface area contributed by atoms with Crippen LogP contribution in [0.4, 0.5) is 4.39 Å². The second-order valence-electron chi connectivity index (χ2n) is 3.94. The van der Waals surface area contributed by atoms with Gasteiger partial charge in [-0.15, -0.1) is 0 Å². The Kier molecular flexibility index (Phi) is 4.45. The summed E-state index contributed by atoms with van der Waals surface area (Å²) in [4.78, 5) is 0. The molecule has 1 atom stereocenters. The molecule has 1 N–H and O–H groups in total. The Morgan fingerprint density at radius 3 is 2.74 bits per heavy atom. The first-order valence-electron chi connectivity index (χ1n) is 5.50. The maximum absolute atomic E-state index is 14.0. The van der Waals surface area contributed by atoms with E-state index in [4.69, 9.17) is 16.3 Å². The zero-order valence-electron chi connectivity index (χ0n) is 10.0. The van der Waals surface area contributed by atoms with Crippen molar-refractivity contribution in [1.82, 2.24) is 0 Å². The summed E-state index contributed by atoms with van der Waals surface area (Å²) in [6.45, 7) is 0. The van der Waals surface area contributed by atoms with Crippen LogP contribution < -0.4 is 4.74 Å². The minimum absolute atomic E-state index is 0.0422. The summed E-state index contributed by atoms with van der Waals surface area (Å²) in [5, 5.41) is 10.2. The Balaban J connectivity index is 2.44. The van der Waals surface area contributed by atoms with E-state index in [1.54, 1.807) is 30.3 Å². The van der Waals surface area contributed by atoms with Crippen LogP contribution >= 0.6 is 27.5 Å². The maximum atomic E-state index is 14.0. The third kappa shape index (κ3) is 2.91. The Morgan fingerprint density at radius 1 is 1.32 bits per heavy atom. The van der Waals surface area contributed by atoms with Gasteiger partial charge in [0, 0.05) is 10.0 Å². The van der Waals surface area contributed by atoms with Crippen LogP contribution in [0.2, 0.25) is 5.02 Å². The van der Waals surface area contributed by atoms with Crippen LogP contribution in [0.25, 0.3) is 0 Å². The van der Waals surface area contributed by atoms with E-state index in [1.807, 2.05) is 0 Å². The quantitative estimate of drug-likeness (QED) is 0.839. The number of aliphatic hydroxyl groups is 1. The summed E-state index contributed by atoms with van der Waals surface area (Å²) in [5.74, 6) is -0.0356. The molecule has 0 spiro atoms. The second kappa shape index (κ2) is 5.90. The van der Waals surface area contributed by atoms with Gasteiger partial charge in [0.25, 0.3) is 0 Å². The number of hydrogen-bond donors (Lipinski definition) is 1. The number of aliphatic hydroxyl groups excluding tert-OH is 1. The second-order valence-corrected chi connectivity index (χ2v) is 5.18. The van der Waals surface area contributed by atoms with Gasteiger partial charge in [0.2, 0.25) is 0 Å². The van der Waals surface area contributed by atoms with Crippen molar-refractivity contribution in [2.45, 2.75) is 6.10 Å². The van der Waals surface area contributed by atoms with E-state index in [2.05, 4.69) is 15.9 Å². The maximum Gasteiger partial charge on any atom is 0.149 e. The molecule has 100 valence electrons. The summed E-state index contributed by atoms with van der Waals surface area (Å²) in [6.07, 6.45) is -1.10. The van der Waals surface area contributed by atoms with Gasteiger partial charge in [0.15, 0.2) is 0 Å². The largest absolute Gasteiger partial charge is 0.497 e. The molecule has 0 aliphatic rings. The predicted molar refractivity (Wildman–Crippen MR) is 76.2 cm³/mol. The average molecular weight is 346 g/mol.